The van der Waals surface area contributed by atoms with Crippen molar-refractivity contribution in [2.45, 2.75) is 6.54 Å². The average molecular weight is 208 g/mol. The molecule has 2 N–H and O–H groups in total. The van der Waals surface area contributed by atoms with Crippen molar-refractivity contribution in [3.63, 3.8) is 0 Å². The van der Waals surface area contributed by atoms with Gasteiger partial charge in [-0.3, -0.25) is 0 Å². The number of benzene rings is 1. The molecule has 0 unspecified atom stereocenters. The molecule has 0 fully saturated rings. The van der Waals surface area contributed by atoms with E-state index in [2.05, 4.69) is 10.6 Å². The number of carbonyl (C=O) groups is 1. The highest BCUT2D eigenvalue weighted by atomic mass is 16.5. The Hall–Kier alpha value is -1.55. The van der Waals surface area contributed by atoms with Gasteiger partial charge in [-0.05, 0) is 5.56 Å². The standard InChI is InChI=1S/C11H16N2O2/c1-15-8-7-12-11(14)13-9-10-5-3-2-4-6-10/h2-6H,7-9H2,1H3,(H2,12,13,14). The number of hydrogen-bond acceptors (Lipinski definition) is 2. The lowest BCUT2D eigenvalue weighted by atomic mass is 10.2. The van der Waals surface area contributed by atoms with Crippen LogP contribution in [0.25, 0.3) is 0 Å². The Balaban J connectivity index is 2.17. The number of hydrogen-bond donors (Lipinski definition) is 2. The third kappa shape index (κ3) is 5.02. The van der Waals surface area contributed by atoms with Crippen molar-refractivity contribution in [2.75, 3.05) is 20.3 Å². The topological polar surface area (TPSA) is 50.4 Å². The van der Waals surface area contributed by atoms with Crippen LogP contribution in [-0.4, -0.2) is 26.3 Å². The van der Waals surface area contributed by atoms with Crippen molar-refractivity contribution in [3.8, 4) is 0 Å². The van der Waals surface area contributed by atoms with Crippen molar-refractivity contribution in [2.24, 2.45) is 0 Å². The zero-order chi connectivity index (χ0) is 10.9. The summed E-state index contributed by atoms with van der Waals surface area (Å²) in [6.45, 7) is 1.59. The smallest absolute Gasteiger partial charge is 0.315 e. The average Bonchev–Trinajstić information content (AvgIpc) is 2.28. The Morgan fingerprint density at radius 3 is 2.67 bits per heavy atom. The molecule has 82 valence electrons. The van der Waals surface area contributed by atoms with Crippen LogP contribution in [0.5, 0.6) is 0 Å². The Morgan fingerprint density at radius 2 is 2.00 bits per heavy atom. The maximum atomic E-state index is 11.2. The Kier molecular flexibility index (Phi) is 5.25. The first-order chi connectivity index (χ1) is 7.33. The predicted molar refractivity (Wildman–Crippen MR) is 58.6 cm³/mol. The second-order valence-electron chi connectivity index (χ2n) is 3.09. The van der Waals surface area contributed by atoms with E-state index in [1.807, 2.05) is 30.3 Å². The fourth-order valence-electron chi connectivity index (χ4n) is 1.11. The molecule has 0 spiro atoms. The molecule has 1 aromatic carbocycles. The number of rotatable bonds is 5. The number of nitrogens with one attached hydrogen (secondary N) is 2. The van der Waals surface area contributed by atoms with Gasteiger partial charge in [0.05, 0.1) is 6.61 Å². The number of methoxy groups -OCH3 is 1. The summed E-state index contributed by atoms with van der Waals surface area (Å²) >= 11 is 0. The lowest BCUT2D eigenvalue weighted by molar-refractivity contribution is 0.196. The van der Waals surface area contributed by atoms with E-state index in [1.54, 1.807) is 7.11 Å². The summed E-state index contributed by atoms with van der Waals surface area (Å²) < 4.78 is 4.81. The van der Waals surface area contributed by atoms with Crippen LogP contribution in [0.3, 0.4) is 0 Å². The van der Waals surface area contributed by atoms with Gasteiger partial charge in [0.25, 0.3) is 0 Å². The van der Waals surface area contributed by atoms with E-state index in [9.17, 15) is 4.79 Å². The SMILES string of the molecule is COCCNC(=O)NCc1ccccc1. The molecule has 2 amide bonds. The molecule has 0 radical (unpaired) electrons. The molecule has 0 aliphatic heterocycles. The van der Waals surface area contributed by atoms with Crippen LogP contribution in [0.2, 0.25) is 0 Å². The van der Waals surface area contributed by atoms with Gasteiger partial charge in [-0.1, -0.05) is 30.3 Å². The van der Waals surface area contributed by atoms with E-state index in [-0.39, 0.29) is 6.03 Å². The van der Waals surface area contributed by atoms with Crippen molar-refractivity contribution in [1.29, 1.82) is 0 Å². The van der Waals surface area contributed by atoms with Crippen LogP contribution in [0, 0.1) is 0 Å². The van der Waals surface area contributed by atoms with Gasteiger partial charge in [0.15, 0.2) is 0 Å². The van der Waals surface area contributed by atoms with Crippen LogP contribution in [0.15, 0.2) is 30.3 Å². The second-order valence-corrected chi connectivity index (χ2v) is 3.09. The van der Waals surface area contributed by atoms with Gasteiger partial charge >= 0.3 is 6.03 Å². The van der Waals surface area contributed by atoms with E-state index in [0.717, 1.165) is 5.56 Å². The van der Waals surface area contributed by atoms with Crippen LogP contribution >= 0.6 is 0 Å². The van der Waals surface area contributed by atoms with Gasteiger partial charge in [0.2, 0.25) is 0 Å². The van der Waals surface area contributed by atoms with Crippen LogP contribution in [0.4, 0.5) is 4.79 Å². The lowest BCUT2D eigenvalue weighted by Gasteiger charge is -2.06. The fourth-order valence-corrected chi connectivity index (χ4v) is 1.11. The molecule has 0 aliphatic rings. The monoisotopic (exact) mass is 208 g/mol. The summed E-state index contributed by atoms with van der Waals surface area (Å²) in [5, 5.41) is 5.43. The van der Waals surface area contributed by atoms with Crippen molar-refractivity contribution in [3.05, 3.63) is 35.9 Å². The molecule has 4 heteroatoms. The number of carbonyl (C=O) groups excluding carboxylic acids is 1. The van der Waals surface area contributed by atoms with Crippen molar-refractivity contribution in [1.82, 2.24) is 10.6 Å². The lowest BCUT2D eigenvalue weighted by Crippen LogP contribution is -2.36. The quantitative estimate of drug-likeness (QED) is 0.713. The molecule has 0 aromatic heterocycles. The van der Waals surface area contributed by atoms with Gasteiger partial charge in [-0.2, -0.15) is 0 Å². The molecule has 0 saturated carbocycles. The summed E-state index contributed by atoms with van der Waals surface area (Å²) in [4.78, 5) is 11.2. The first-order valence-electron chi connectivity index (χ1n) is 4.87. The van der Waals surface area contributed by atoms with Gasteiger partial charge in [-0.15, -0.1) is 0 Å². The minimum absolute atomic E-state index is 0.170. The molecule has 0 heterocycles. The Labute approximate surface area is 89.6 Å². The Morgan fingerprint density at radius 1 is 1.27 bits per heavy atom. The van der Waals surface area contributed by atoms with Crippen LogP contribution < -0.4 is 10.6 Å². The zero-order valence-corrected chi connectivity index (χ0v) is 8.82. The number of ether oxygens (including phenoxy) is 1. The third-order valence-electron chi connectivity index (χ3n) is 1.89. The first-order valence-corrected chi connectivity index (χ1v) is 4.87. The van der Waals surface area contributed by atoms with E-state index < -0.39 is 0 Å². The molecule has 15 heavy (non-hydrogen) atoms. The molecule has 0 atom stereocenters. The fraction of sp³-hybridized carbons (Fsp3) is 0.364. The largest absolute Gasteiger partial charge is 0.383 e. The molecule has 1 rings (SSSR count). The van der Waals surface area contributed by atoms with Gasteiger partial charge in [-0.25, -0.2) is 4.79 Å². The summed E-state index contributed by atoms with van der Waals surface area (Å²) in [5.41, 5.74) is 1.08. The van der Waals surface area contributed by atoms with Gasteiger partial charge < -0.3 is 15.4 Å². The highest BCUT2D eigenvalue weighted by Gasteiger charge is 1.98. The minimum Gasteiger partial charge on any atom is -0.383 e. The zero-order valence-electron chi connectivity index (χ0n) is 8.82. The molecule has 0 bridgehead atoms. The molecule has 0 aliphatic carbocycles. The van der Waals surface area contributed by atoms with Crippen LogP contribution in [-0.2, 0) is 11.3 Å². The summed E-state index contributed by atoms with van der Waals surface area (Å²) in [6, 6.07) is 9.60. The molecule has 0 saturated heterocycles. The predicted octanol–water partition coefficient (Wildman–Crippen LogP) is 1.13. The maximum absolute atomic E-state index is 11.2. The van der Waals surface area contributed by atoms with Crippen LogP contribution in [0.1, 0.15) is 5.56 Å². The number of urea groups is 1. The number of amides is 2. The molecule has 4 nitrogen and oxygen atoms in total. The Bertz CT molecular complexity index is 288. The van der Waals surface area contributed by atoms with E-state index in [1.165, 1.54) is 0 Å². The maximum Gasteiger partial charge on any atom is 0.315 e. The minimum atomic E-state index is -0.170. The first kappa shape index (κ1) is 11.5. The highest BCUT2D eigenvalue weighted by Crippen LogP contribution is 1.96. The molecule has 1 aromatic rings. The second kappa shape index (κ2) is 6.84. The summed E-state index contributed by atoms with van der Waals surface area (Å²) in [5.74, 6) is 0. The van der Waals surface area contributed by atoms with Crippen molar-refractivity contribution >= 4 is 6.03 Å². The summed E-state index contributed by atoms with van der Waals surface area (Å²) in [7, 11) is 1.60. The van der Waals surface area contributed by atoms with E-state index >= 15 is 0 Å². The normalized spacial score (nSPS) is 9.67. The summed E-state index contributed by atoms with van der Waals surface area (Å²) in [6.07, 6.45) is 0. The van der Waals surface area contributed by atoms with E-state index in [4.69, 9.17) is 4.74 Å². The van der Waals surface area contributed by atoms with Gasteiger partial charge in [0.1, 0.15) is 0 Å². The molecular weight excluding hydrogens is 192 g/mol. The molecular formula is C11H16N2O2. The highest BCUT2D eigenvalue weighted by molar-refractivity contribution is 5.73. The van der Waals surface area contributed by atoms with E-state index in [0.29, 0.717) is 19.7 Å². The third-order valence-corrected chi connectivity index (χ3v) is 1.89. The van der Waals surface area contributed by atoms with Gasteiger partial charge in [0, 0.05) is 20.2 Å². The van der Waals surface area contributed by atoms with Crippen molar-refractivity contribution < 1.29 is 9.53 Å².